The number of rotatable bonds is 6. The summed E-state index contributed by atoms with van der Waals surface area (Å²) in [6, 6.07) is 3.78. The molecule has 0 aromatic heterocycles. The zero-order chi connectivity index (χ0) is 12.1. The van der Waals surface area contributed by atoms with Crippen LogP contribution >= 0.6 is 0 Å². The molecule has 2 unspecified atom stereocenters. The summed E-state index contributed by atoms with van der Waals surface area (Å²) in [6.07, 6.45) is 7.58. The van der Waals surface area contributed by atoms with Gasteiger partial charge >= 0.3 is 0 Å². The highest BCUT2D eigenvalue weighted by molar-refractivity contribution is 4.94. The molecule has 0 amide bonds. The third-order valence-corrected chi connectivity index (χ3v) is 4.21. The van der Waals surface area contributed by atoms with Gasteiger partial charge in [0.1, 0.15) is 0 Å². The van der Waals surface area contributed by atoms with Crippen LogP contribution in [0.2, 0.25) is 0 Å². The van der Waals surface area contributed by atoms with Crippen molar-refractivity contribution in [3.05, 3.63) is 0 Å². The van der Waals surface area contributed by atoms with Crippen molar-refractivity contribution in [2.75, 3.05) is 19.6 Å². The fourth-order valence-electron chi connectivity index (χ4n) is 2.96. The summed E-state index contributed by atoms with van der Waals surface area (Å²) in [5.41, 5.74) is 0. The number of nitriles is 1. The van der Waals surface area contributed by atoms with Gasteiger partial charge in [0, 0.05) is 25.2 Å². The summed E-state index contributed by atoms with van der Waals surface area (Å²) in [6.45, 7) is 5.61. The molecule has 2 fully saturated rings. The van der Waals surface area contributed by atoms with Crippen LogP contribution in [-0.2, 0) is 0 Å². The average Bonchev–Trinajstić information content (AvgIpc) is 3.19. The smallest absolute Gasteiger partial charge is 0.0672 e. The first-order chi connectivity index (χ1) is 8.35. The molecule has 3 nitrogen and oxygen atoms in total. The molecule has 2 aliphatic carbocycles. The molecule has 2 saturated carbocycles. The van der Waals surface area contributed by atoms with Gasteiger partial charge in [-0.25, -0.2) is 0 Å². The second kappa shape index (κ2) is 6.37. The van der Waals surface area contributed by atoms with E-state index in [0.717, 1.165) is 25.6 Å². The molecule has 96 valence electrons. The lowest BCUT2D eigenvalue weighted by Crippen LogP contribution is -2.42. The molecule has 1 N–H and O–H groups in total. The Morgan fingerprint density at radius 3 is 2.65 bits per heavy atom. The maximum atomic E-state index is 9.11. The zero-order valence-corrected chi connectivity index (χ0v) is 11.0. The van der Waals surface area contributed by atoms with Gasteiger partial charge in [0.15, 0.2) is 0 Å². The van der Waals surface area contributed by atoms with Crippen molar-refractivity contribution in [1.82, 2.24) is 10.2 Å². The van der Waals surface area contributed by atoms with Gasteiger partial charge in [-0.05, 0) is 32.2 Å². The molecule has 0 aromatic carbocycles. The van der Waals surface area contributed by atoms with Gasteiger partial charge in [0.05, 0.1) is 12.0 Å². The normalized spacial score (nSPS) is 29.2. The number of likely N-dealkylation sites (N-methyl/N-ethyl adjacent to an activating group) is 1. The van der Waals surface area contributed by atoms with Gasteiger partial charge in [0.25, 0.3) is 0 Å². The SMILES string of the molecule is CCN(CCNC1CCCCC1C#N)C1CC1. The first-order valence-electron chi connectivity index (χ1n) is 7.22. The minimum Gasteiger partial charge on any atom is -0.311 e. The minimum atomic E-state index is 0.250. The number of hydrogen-bond donors (Lipinski definition) is 1. The molecule has 0 heterocycles. The Hall–Kier alpha value is -0.590. The molecular weight excluding hydrogens is 210 g/mol. The fraction of sp³-hybridized carbons (Fsp3) is 0.929. The van der Waals surface area contributed by atoms with Crippen molar-refractivity contribution in [3.8, 4) is 6.07 Å². The van der Waals surface area contributed by atoms with Crippen molar-refractivity contribution in [3.63, 3.8) is 0 Å². The van der Waals surface area contributed by atoms with Crippen LogP contribution in [0.25, 0.3) is 0 Å². The Morgan fingerprint density at radius 1 is 1.24 bits per heavy atom. The van der Waals surface area contributed by atoms with E-state index in [4.69, 9.17) is 5.26 Å². The van der Waals surface area contributed by atoms with E-state index < -0.39 is 0 Å². The average molecular weight is 235 g/mol. The van der Waals surface area contributed by atoms with Gasteiger partial charge in [-0.1, -0.05) is 19.8 Å². The van der Waals surface area contributed by atoms with E-state index >= 15 is 0 Å². The van der Waals surface area contributed by atoms with Crippen LogP contribution in [0.3, 0.4) is 0 Å². The van der Waals surface area contributed by atoms with E-state index in [0.29, 0.717) is 6.04 Å². The van der Waals surface area contributed by atoms with Crippen molar-refractivity contribution < 1.29 is 0 Å². The third kappa shape index (κ3) is 3.69. The lowest BCUT2D eigenvalue weighted by molar-refractivity contribution is 0.253. The molecule has 2 rings (SSSR count). The highest BCUT2D eigenvalue weighted by Crippen LogP contribution is 2.26. The first-order valence-corrected chi connectivity index (χ1v) is 7.22. The Balaban J connectivity index is 1.67. The highest BCUT2D eigenvalue weighted by atomic mass is 15.2. The quantitative estimate of drug-likeness (QED) is 0.766. The molecular formula is C14H25N3. The summed E-state index contributed by atoms with van der Waals surface area (Å²) in [5.74, 6) is 0.250. The number of hydrogen-bond acceptors (Lipinski definition) is 3. The van der Waals surface area contributed by atoms with Crippen LogP contribution in [0.5, 0.6) is 0 Å². The van der Waals surface area contributed by atoms with Crippen LogP contribution in [0.15, 0.2) is 0 Å². The van der Waals surface area contributed by atoms with Crippen molar-refractivity contribution in [1.29, 1.82) is 5.26 Å². The predicted molar refractivity (Wildman–Crippen MR) is 69.6 cm³/mol. The van der Waals surface area contributed by atoms with Gasteiger partial charge in [-0.2, -0.15) is 5.26 Å². The molecule has 2 aliphatic rings. The monoisotopic (exact) mass is 235 g/mol. The van der Waals surface area contributed by atoms with Gasteiger partial charge in [-0.15, -0.1) is 0 Å². The van der Waals surface area contributed by atoms with Crippen molar-refractivity contribution in [2.45, 2.75) is 57.5 Å². The number of nitrogens with zero attached hydrogens (tertiary/aromatic N) is 2. The zero-order valence-electron chi connectivity index (χ0n) is 11.0. The van der Waals surface area contributed by atoms with Crippen LogP contribution in [0, 0.1) is 17.2 Å². The first kappa shape index (κ1) is 12.9. The molecule has 0 saturated heterocycles. The Kier molecular flexibility index (Phi) is 4.82. The Labute approximate surface area is 105 Å². The Bertz CT molecular complexity index is 267. The molecule has 0 radical (unpaired) electrons. The predicted octanol–water partition coefficient (Wildman–Crippen LogP) is 2.14. The van der Waals surface area contributed by atoms with Crippen LogP contribution < -0.4 is 5.32 Å². The van der Waals surface area contributed by atoms with Crippen molar-refractivity contribution in [2.24, 2.45) is 5.92 Å². The van der Waals surface area contributed by atoms with Gasteiger partial charge in [-0.3, -0.25) is 4.90 Å². The molecule has 0 aromatic rings. The van der Waals surface area contributed by atoms with E-state index in [1.807, 2.05) is 0 Å². The van der Waals surface area contributed by atoms with Gasteiger partial charge in [0.2, 0.25) is 0 Å². The van der Waals surface area contributed by atoms with E-state index in [9.17, 15) is 0 Å². The summed E-state index contributed by atoms with van der Waals surface area (Å²) in [7, 11) is 0. The molecule has 0 bridgehead atoms. The maximum Gasteiger partial charge on any atom is 0.0672 e. The maximum absolute atomic E-state index is 9.11. The third-order valence-electron chi connectivity index (χ3n) is 4.21. The topological polar surface area (TPSA) is 39.1 Å². The lowest BCUT2D eigenvalue weighted by atomic mass is 9.85. The summed E-state index contributed by atoms with van der Waals surface area (Å²) in [4.78, 5) is 2.57. The van der Waals surface area contributed by atoms with Gasteiger partial charge < -0.3 is 5.32 Å². The summed E-state index contributed by atoms with van der Waals surface area (Å²) < 4.78 is 0. The highest BCUT2D eigenvalue weighted by Gasteiger charge is 2.28. The second-order valence-electron chi connectivity index (χ2n) is 5.44. The second-order valence-corrected chi connectivity index (χ2v) is 5.44. The Morgan fingerprint density at radius 2 is 2.00 bits per heavy atom. The van der Waals surface area contributed by atoms with E-state index in [1.165, 1.54) is 38.6 Å². The lowest BCUT2D eigenvalue weighted by Gasteiger charge is -2.29. The van der Waals surface area contributed by atoms with Crippen LogP contribution in [0.1, 0.15) is 45.4 Å². The molecule has 0 spiro atoms. The minimum absolute atomic E-state index is 0.250. The van der Waals surface area contributed by atoms with E-state index in [-0.39, 0.29) is 5.92 Å². The molecule has 2 atom stereocenters. The standard InChI is InChI=1S/C14H25N3/c1-2-17(13-7-8-13)10-9-16-14-6-4-3-5-12(14)11-15/h12-14,16H,2-10H2,1H3. The summed E-state index contributed by atoms with van der Waals surface area (Å²) >= 11 is 0. The fourth-order valence-corrected chi connectivity index (χ4v) is 2.96. The molecule has 0 aliphatic heterocycles. The largest absolute Gasteiger partial charge is 0.311 e. The summed E-state index contributed by atoms with van der Waals surface area (Å²) in [5, 5.41) is 12.7. The molecule has 3 heteroatoms. The van der Waals surface area contributed by atoms with Crippen LogP contribution in [-0.4, -0.2) is 36.6 Å². The van der Waals surface area contributed by atoms with E-state index in [1.54, 1.807) is 0 Å². The number of nitrogens with one attached hydrogen (secondary N) is 1. The van der Waals surface area contributed by atoms with Crippen molar-refractivity contribution >= 4 is 0 Å². The van der Waals surface area contributed by atoms with E-state index in [2.05, 4.69) is 23.2 Å². The molecule has 17 heavy (non-hydrogen) atoms. The van der Waals surface area contributed by atoms with Crippen LogP contribution in [0.4, 0.5) is 0 Å².